The third-order valence-corrected chi connectivity index (χ3v) is 6.10. The van der Waals surface area contributed by atoms with Crippen LogP contribution in [-0.2, 0) is 21.4 Å². The van der Waals surface area contributed by atoms with E-state index in [1.165, 1.54) is 57.6 Å². The first-order chi connectivity index (χ1) is 12.6. The molecule has 0 aliphatic heterocycles. The van der Waals surface area contributed by atoms with Crippen LogP contribution < -0.4 is 10.5 Å². The molecule has 146 valence electrons. The number of aliphatic hydroxyl groups is 1. The summed E-state index contributed by atoms with van der Waals surface area (Å²) in [6.07, 6.45) is 2.99. The van der Waals surface area contributed by atoms with Crippen molar-refractivity contribution in [1.82, 2.24) is 9.29 Å². The maximum atomic E-state index is 13.3. The van der Waals surface area contributed by atoms with Crippen molar-refractivity contribution < 1.29 is 23.1 Å². The van der Waals surface area contributed by atoms with Crippen molar-refractivity contribution in [3.8, 4) is 5.75 Å². The van der Waals surface area contributed by atoms with Gasteiger partial charge in [-0.3, -0.25) is 9.78 Å². The number of hydrogen-bond donors (Lipinski definition) is 2. The number of carbonyl (C=O) groups excluding carboxylic acids is 1. The Morgan fingerprint density at radius 2 is 1.93 bits per heavy atom. The standard InChI is InChI=1S/C18H23N3O5S/c1-13(2)18(23,17(19)22)21(12-14-5-4-10-20-11-14)27(24,25)16-8-6-15(26-3)7-9-16/h4-11,13,23H,12H2,1-3H3,(H2,19,22). The zero-order valence-electron chi connectivity index (χ0n) is 15.4. The second-order valence-corrected chi connectivity index (χ2v) is 8.16. The van der Waals surface area contributed by atoms with E-state index < -0.39 is 27.6 Å². The van der Waals surface area contributed by atoms with Gasteiger partial charge in [0, 0.05) is 24.9 Å². The summed E-state index contributed by atoms with van der Waals surface area (Å²) < 4.78 is 32.3. The number of carbonyl (C=O) groups is 1. The summed E-state index contributed by atoms with van der Waals surface area (Å²) in [5, 5.41) is 11.0. The average molecular weight is 393 g/mol. The van der Waals surface area contributed by atoms with E-state index in [-0.39, 0.29) is 11.4 Å². The van der Waals surface area contributed by atoms with E-state index in [9.17, 15) is 18.3 Å². The van der Waals surface area contributed by atoms with Gasteiger partial charge >= 0.3 is 0 Å². The molecule has 27 heavy (non-hydrogen) atoms. The largest absolute Gasteiger partial charge is 0.497 e. The van der Waals surface area contributed by atoms with Crippen LogP contribution in [0.25, 0.3) is 0 Å². The van der Waals surface area contributed by atoms with Crippen LogP contribution in [0.15, 0.2) is 53.7 Å². The van der Waals surface area contributed by atoms with Gasteiger partial charge in [-0.05, 0) is 35.9 Å². The van der Waals surface area contributed by atoms with Crippen LogP contribution in [0.5, 0.6) is 5.75 Å². The fraction of sp³-hybridized carbons (Fsp3) is 0.333. The highest BCUT2D eigenvalue weighted by Gasteiger charge is 2.50. The Hall–Kier alpha value is -2.49. The summed E-state index contributed by atoms with van der Waals surface area (Å²) >= 11 is 0. The SMILES string of the molecule is COc1ccc(S(=O)(=O)N(Cc2cccnc2)C(O)(C(N)=O)C(C)C)cc1. The Labute approximate surface area is 158 Å². The highest BCUT2D eigenvalue weighted by Crippen LogP contribution is 2.31. The molecule has 0 aliphatic carbocycles. The Balaban J connectivity index is 2.61. The number of nitrogens with zero attached hydrogens (tertiary/aromatic N) is 2. The van der Waals surface area contributed by atoms with Crippen LogP contribution in [0.2, 0.25) is 0 Å². The Kier molecular flexibility index (Phi) is 6.19. The molecule has 2 aromatic rings. The van der Waals surface area contributed by atoms with Gasteiger partial charge in [0.2, 0.25) is 15.7 Å². The molecule has 0 saturated carbocycles. The van der Waals surface area contributed by atoms with Crippen LogP contribution in [0.1, 0.15) is 19.4 Å². The van der Waals surface area contributed by atoms with Gasteiger partial charge in [-0.2, -0.15) is 4.31 Å². The topological polar surface area (TPSA) is 123 Å². The highest BCUT2D eigenvalue weighted by atomic mass is 32.2. The number of ether oxygens (including phenoxy) is 1. The molecule has 0 fully saturated rings. The summed E-state index contributed by atoms with van der Waals surface area (Å²) in [7, 11) is -2.81. The maximum absolute atomic E-state index is 13.3. The first-order valence-electron chi connectivity index (χ1n) is 8.22. The number of pyridine rings is 1. The minimum absolute atomic E-state index is 0.104. The second kappa shape index (κ2) is 8.03. The molecule has 0 spiro atoms. The molecule has 1 amide bonds. The van der Waals surface area contributed by atoms with Crippen molar-refractivity contribution in [3.63, 3.8) is 0 Å². The molecule has 3 N–H and O–H groups in total. The van der Waals surface area contributed by atoms with Gasteiger partial charge in [0.05, 0.1) is 12.0 Å². The lowest BCUT2D eigenvalue weighted by molar-refractivity contribution is -0.159. The molecule has 1 heterocycles. The molecule has 1 unspecified atom stereocenters. The molecule has 0 saturated heterocycles. The van der Waals surface area contributed by atoms with Crippen molar-refractivity contribution in [2.24, 2.45) is 11.7 Å². The first-order valence-corrected chi connectivity index (χ1v) is 9.66. The second-order valence-electron chi connectivity index (χ2n) is 6.29. The van der Waals surface area contributed by atoms with E-state index in [0.717, 1.165) is 0 Å². The summed E-state index contributed by atoms with van der Waals surface area (Å²) in [4.78, 5) is 16.0. The first kappa shape index (κ1) is 20.8. The third-order valence-electron chi connectivity index (χ3n) is 4.24. The molecule has 1 aromatic carbocycles. The molecule has 0 bridgehead atoms. The monoisotopic (exact) mass is 393 g/mol. The van der Waals surface area contributed by atoms with Crippen LogP contribution in [0.3, 0.4) is 0 Å². The molecule has 9 heteroatoms. The van der Waals surface area contributed by atoms with E-state index in [1.54, 1.807) is 12.1 Å². The normalized spacial score (nSPS) is 14.1. The number of nitrogens with two attached hydrogens (primary N) is 1. The van der Waals surface area contributed by atoms with Gasteiger partial charge < -0.3 is 15.6 Å². The summed E-state index contributed by atoms with van der Waals surface area (Å²) in [6, 6.07) is 8.91. The maximum Gasteiger partial charge on any atom is 0.266 e. The van der Waals surface area contributed by atoms with Crippen molar-refractivity contribution in [2.75, 3.05) is 7.11 Å². The Morgan fingerprint density at radius 1 is 1.30 bits per heavy atom. The zero-order chi connectivity index (χ0) is 20.2. The third kappa shape index (κ3) is 4.10. The number of benzene rings is 1. The summed E-state index contributed by atoms with van der Waals surface area (Å²) in [6.45, 7) is 2.76. The highest BCUT2D eigenvalue weighted by molar-refractivity contribution is 7.89. The lowest BCUT2D eigenvalue weighted by Crippen LogP contribution is -2.62. The van der Waals surface area contributed by atoms with E-state index in [1.807, 2.05) is 0 Å². The van der Waals surface area contributed by atoms with Crippen LogP contribution >= 0.6 is 0 Å². The fourth-order valence-electron chi connectivity index (χ4n) is 2.62. The number of rotatable bonds is 8. The molecule has 0 aliphatic rings. The minimum Gasteiger partial charge on any atom is -0.497 e. The Bertz CT molecular complexity index is 885. The quantitative estimate of drug-likeness (QED) is 0.648. The number of sulfonamides is 1. The van der Waals surface area contributed by atoms with Gasteiger partial charge in [-0.25, -0.2) is 8.42 Å². The fourth-order valence-corrected chi connectivity index (χ4v) is 4.34. The number of amides is 1. The van der Waals surface area contributed by atoms with Crippen LogP contribution in [0, 0.1) is 5.92 Å². The number of methoxy groups -OCH3 is 1. The molecule has 8 nitrogen and oxygen atoms in total. The minimum atomic E-state index is -4.27. The van der Waals surface area contributed by atoms with Gasteiger partial charge in [-0.1, -0.05) is 19.9 Å². The Morgan fingerprint density at radius 3 is 2.37 bits per heavy atom. The number of hydrogen-bond acceptors (Lipinski definition) is 6. The lowest BCUT2D eigenvalue weighted by Gasteiger charge is -2.39. The lowest BCUT2D eigenvalue weighted by atomic mass is 9.98. The van der Waals surface area contributed by atoms with Gasteiger partial charge in [-0.15, -0.1) is 0 Å². The smallest absolute Gasteiger partial charge is 0.266 e. The van der Waals surface area contributed by atoms with Crippen molar-refractivity contribution in [3.05, 3.63) is 54.4 Å². The van der Waals surface area contributed by atoms with Gasteiger partial charge in [0.1, 0.15) is 5.75 Å². The molecule has 0 radical (unpaired) electrons. The molecular weight excluding hydrogens is 370 g/mol. The summed E-state index contributed by atoms with van der Waals surface area (Å²) in [5.41, 5.74) is 3.49. The van der Waals surface area contributed by atoms with Crippen molar-refractivity contribution in [2.45, 2.75) is 31.0 Å². The number of aromatic nitrogens is 1. The van der Waals surface area contributed by atoms with E-state index in [4.69, 9.17) is 10.5 Å². The predicted molar refractivity (Wildman–Crippen MR) is 98.9 cm³/mol. The van der Waals surface area contributed by atoms with E-state index >= 15 is 0 Å². The number of primary amides is 1. The molecule has 1 atom stereocenters. The zero-order valence-corrected chi connectivity index (χ0v) is 16.2. The van der Waals surface area contributed by atoms with Gasteiger partial charge in [0.15, 0.2) is 0 Å². The average Bonchev–Trinajstić information content (AvgIpc) is 2.66. The predicted octanol–water partition coefficient (Wildman–Crippen LogP) is 1.11. The van der Waals surface area contributed by atoms with E-state index in [2.05, 4.69) is 4.98 Å². The molecular formula is C18H23N3O5S. The van der Waals surface area contributed by atoms with Crippen LogP contribution in [0.4, 0.5) is 0 Å². The van der Waals surface area contributed by atoms with Gasteiger partial charge in [0.25, 0.3) is 5.91 Å². The van der Waals surface area contributed by atoms with Crippen LogP contribution in [-0.4, -0.2) is 41.6 Å². The molecule has 2 rings (SSSR count). The van der Waals surface area contributed by atoms with Crippen molar-refractivity contribution in [1.29, 1.82) is 0 Å². The van der Waals surface area contributed by atoms with Crippen molar-refractivity contribution >= 4 is 15.9 Å². The summed E-state index contributed by atoms with van der Waals surface area (Å²) in [5.74, 6) is -1.47. The van der Waals surface area contributed by atoms with E-state index in [0.29, 0.717) is 15.6 Å². The molecule has 1 aromatic heterocycles.